The summed E-state index contributed by atoms with van der Waals surface area (Å²) >= 11 is 0. The lowest BCUT2D eigenvalue weighted by atomic mass is 9.89. The highest BCUT2D eigenvalue weighted by Crippen LogP contribution is 2.29. The first kappa shape index (κ1) is 20.9. The quantitative estimate of drug-likeness (QED) is 0.678. The second-order valence-corrected chi connectivity index (χ2v) is 6.96. The third-order valence-electron chi connectivity index (χ3n) is 4.87. The Labute approximate surface area is 160 Å². The van der Waals surface area contributed by atoms with Crippen LogP contribution < -0.4 is 15.2 Å². The normalized spacial score (nSPS) is 21.6. The molecule has 1 aliphatic carbocycles. The molecule has 0 aromatic heterocycles. The molecule has 0 aliphatic heterocycles. The maximum atomic E-state index is 13.3. The van der Waals surface area contributed by atoms with E-state index >= 15 is 0 Å². The molecule has 1 unspecified atom stereocenters. The van der Waals surface area contributed by atoms with Crippen LogP contribution in [-0.2, 0) is 4.74 Å². The van der Waals surface area contributed by atoms with Gasteiger partial charge in [-0.15, -0.1) is 0 Å². The highest BCUT2D eigenvalue weighted by atomic mass is 19.1. The molecule has 2 N–H and O–H groups in total. The molecule has 0 spiro atoms. The molecule has 27 heavy (non-hydrogen) atoms. The summed E-state index contributed by atoms with van der Waals surface area (Å²) in [6.07, 6.45) is 2.53. The molecule has 0 amide bonds. The summed E-state index contributed by atoms with van der Waals surface area (Å²) in [6.45, 7) is 4.30. The molecule has 1 aromatic carbocycles. The van der Waals surface area contributed by atoms with Gasteiger partial charge in [-0.05, 0) is 57.1 Å². The van der Waals surface area contributed by atoms with Crippen LogP contribution in [0.3, 0.4) is 0 Å². The van der Waals surface area contributed by atoms with Crippen molar-refractivity contribution in [2.24, 2.45) is 11.7 Å². The van der Waals surface area contributed by atoms with E-state index in [1.54, 1.807) is 25.1 Å². The average molecular weight is 376 g/mol. The van der Waals surface area contributed by atoms with Gasteiger partial charge in [0.05, 0.1) is 19.3 Å². The van der Waals surface area contributed by atoms with Gasteiger partial charge in [0.2, 0.25) is 0 Å². The van der Waals surface area contributed by atoms with E-state index in [1.165, 1.54) is 7.11 Å². The van der Waals surface area contributed by atoms with Crippen LogP contribution in [0.25, 0.3) is 0 Å². The monoisotopic (exact) mass is 376 g/mol. The zero-order valence-corrected chi connectivity index (χ0v) is 16.3. The fraction of sp³-hybridized carbons (Fsp3) is 0.571. The molecule has 1 fully saturated rings. The number of hydrogen-bond acceptors (Lipinski definition) is 5. The van der Waals surface area contributed by atoms with Crippen molar-refractivity contribution < 1.29 is 18.6 Å². The standard InChI is InChI=1S/C21H29FN2O3/c1-4-19(27-18-10-7-16(12-23)20(11-18)25-3)21(14(2)24)26-13-15-5-8-17(22)9-6-15/h7,10-11,15,17,19H,4-6,8-9,13,24H2,1-3H3/b21-14-. The van der Waals surface area contributed by atoms with E-state index in [9.17, 15) is 4.39 Å². The minimum atomic E-state index is -0.675. The summed E-state index contributed by atoms with van der Waals surface area (Å²) in [4.78, 5) is 0. The third kappa shape index (κ3) is 5.78. The van der Waals surface area contributed by atoms with Gasteiger partial charge in [0, 0.05) is 11.8 Å². The number of allylic oxidation sites excluding steroid dienone is 1. The zero-order chi connectivity index (χ0) is 19.8. The molecule has 0 bridgehead atoms. The molecule has 5 nitrogen and oxygen atoms in total. The number of nitriles is 1. The number of halogens is 1. The molecule has 0 saturated heterocycles. The van der Waals surface area contributed by atoms with Crippen molar-refractivity contribution in [3.05, 3.63) is 35.2 Å². The molecule has 1 aliphatic rings. The first-order valence-electron chi connectivity index (χ1n) is 9.46. The first-order chi connectivity index (χ1) is 13.0. The van der Waals surface area contributed by atoms with E-state index in [-0.39, 0.29) is 6.10 Å². The number of nitrogens with two attached hydrogens (primary N) is 1. The van der Waals surface area contributed by atoms with Crippen LogP contribution in [0, 0.1) is 17.2 Å². The molecule has 0 heterocycles. The van der Waals surface area contributed by atoms with Crippen molar-refractivity contribution in [2.75, 3.05) is 13.7 Å². The maximum Gasteiger partial charge on any atom is 0.157 e. The van der Waals surface area contributed by atoms with Gasteiger partial charge in [-0.25, -0.2) is 4.39 Å². The number of benzene rings is 1. The van der Waals surface area contributed by atoms with Gasteiger partial charge in [-0.1, -0.05) is 6.92 Å². The van der Waals surface area contributed by atoms with Gasteiger partial charge < -0.3 is 19.9 Å². The molecule has 6 heteroatoms. The molecule has 1 aromatic rings. The summed E-state index contributed by atoms with van der Waals surface area (Å²) in [7, 11) is 1.52. The molecule has 0 radical (unpaired) electrons. The molecule has 1 atom stereocenters. The van der Waals surface area contributed by atoms with Gasteiger partial charge in [0.25, 0.3) is 0 Å². The lowest BCUT2D eigenvalue weighted by Gasteiger charge is -2.27. The van der Waals surface area contributed by atoms with Crippen molar-refractivity contribution >= 4 is 0 Å². The summed E-state index contributed by atoms with van der Waals surface area (Å²) in [5.41, 5.74) is 7.07. The van der Waals surface area contributed by atoms with Gasteiger partial charge in [0.1, 0.15) is 23.7 Å². The van der Waals surface area contributed by atoms with Crippen molar-refractivity contribution in [1.82, 2.24) is 0 Å². The van der Waals surface area contributed by atoms with Gasteiger partial charge in [-0.3, -0.25) is 0 Å². The predicted molar refractivity (Wildman–Crippen MR) is 102 cm³/mol. The van der Waals surface area contributed by atoms with Gasteiger partial charge in [-0.2, -0.15) is 5.26 Å². The third-order valence-corrected chi connectivity index (χ3v) is 4.87. The Balaban J connectivity index is 2.06. The Morgan fingerprint density at radius 1 is 1.33 bits per heavy atom. The average Bonchev–Trinajstić information content (AvgIpc) is 2.68. The lowest BCUT2D eigenvalue weighted by Crippen LogP contribution is -2.26. The Hall–Kier alpha value is -2.42. The van der Waals surface area contributed by atoms with Crippen LogP contribution in [0.15, 0.2) is 29.7 Å². The van der Waals surface area contributed by atoms with Crippen molar-refractivity contribution in [3.8, 4) is 17.6 Å². The molecular formula is C21H29FN2O3. The van der Waals surface area contributed by atoms with E-state index in [1.807, 2.05) is 6.92 Å². The summed E-state index contributed by atoms with van der Waals surface area (Å²) in [6, 6.07) is 7.16. The minimum Gasteiger partial charge on any atom is -0.495 e. The number of methoxy groups -OCH3 is 1. The first-order valence-corrected chi connectivity index (χ1v) is 9.46. The van der Waals surface area contributed by atoms with E-state index < -0.39 is 6.17 Å². The van der Waals surface area contributed by atoms with Crippen LogP contribution >= 0.6 is 0 Å². The van der Waals surface area contributed by atoms with Crippen molar-refractivity contribution in [3.63, 3.8) is 0 Å². The van der Waals surface area contributed by atoms with E-state index in [0.717, 1.165) is 12.8 Å². The zero-order valence-electron chi connectivity index (χ0n) is 16.3. The highest BCUT2D eigenvalue weighted by molar-refractivity contribution is 5.47. The second-order valence-electron chi connectivity index (χ2n) is 6.96. The van der Waals surface area contributed by atoms with E-state index in [4.69, 9.17) is 25.2 Å². The van der Waals surface area contributed by atoms with Crippen molar-refractivity contribution in [1.29, 1.82) is 5.26 Å². The maximum absolute atomic E-state index is 13.3. The smallest absolute Gasteiger partial charge is 0.157 e. The van der Waals surface area contributed by atoms with E-state index in [2.05, 4.69) is 6.07 Å². The lowest BCUT2D eigenvalue weighted by molar-refractivity contribution is 0.0718. The summed E-state index contributed by atoms with van der Waals surface area (Å²) < 4.78 is 30.6. The van der Waals surface area contributed by atoms with Gasteiger partial charge >= 0.3 is 0 Å². The SMILES string of the molecule is CCC(Oc1ccc(C#N)c(OC)c1)/C(OCC1CCC(F)CC1)=C(\C)N. The molecule has 2 rings (SSSR count). The highest BCUT2D eigenvalue weighted by Gasteiger charge is 2.24. The Kier molecular flexibility index (Phi) is 7.78. The van der Waals surface area contributed by atoms with Crippen LogP contribution in [0.1, 0.15) is 51.5 Å². The number of nitrogens with zero attached hydrogens (tertiary/aromatic N) is 1. The molecular weight excluding hydrogens is 347 g/mol. The minimum absolute atomic E-state index is 0.342. The second kappa shape index (κ2) is 10.1. The summed E-state index contributed by atoms with van der Waals surface area (Å²) in [5.74, 6) is 2.00. The Bertz CT molecular complexity index is 687. The summed E-state index contributed by atoms with van der Waals surface area (Å²) in [5, 5.41) is 9.10. The van der Waals surface area contributed by atoms with Crippen LogP contribution in [0.4, 0.5) is 4.39 Å². The van der Waals surface area contributed by atoms with E-state index in [0.29, 0.717) is 60.3 Å². The Morgan fingerprint density at radius 3 is 2.59 bits per heavy atom. The van der Waals surface area contributed by atoms with Crippen molar-refractivity contribution in [2.45, 2.75) is 58.2 Å². The van der Waals surface area contributed by atoms with Crippen LogP contribution in [-0.4, -0.2) is 26.0 Å². The fourth-order valence-corrected chi connectivity index (χ4v) is 3.28. The van der Waals surface area contributed by atoms with Crippen LogP contribution in [0.2, 0.25) is 0 Å². The largest absolute Gasteiger partial charge is 0.495 e. The molecule has 148 valence electrons. The molecule has 1 saturated carbocycles. The fourth-order valence-electron chi connectivity index (χ4n) is 3.28. The number of ether oxygens (including phenoxy) is 3. The predicted octanol–water partition coefficient (Wildman–Crippen LogP) is 4.46. The topological polar surface area (TPSA) is 77.5 Å². The van der Waals surface area contributed by atoms with Gasteiger partial charge in [0.15, 0.2) is 11.9 Å². The Morgan fingerprint density at radius 2 is 2.04 bits per heavy atom. The number of rotatable bonds is 8. The number of hydrogen-bond donors (Lipinski definition) is 1. The number of alkyl halides is 1. The van der Waals surface area contributed by atoms with Crippen LogP contribution in [0.5, 0.6) is 11.5 Å².